The third-order valence-electron chi connectivity index (χ3n) is 6.40. The Hall–Kier alpha value is -3.61. The van der Waals surface area contributed by atoms with Gasteiger partial charge in [0.1, 0.15) is 0 Å². The summed E-state index contributed by atoms with van der Waals surface area (Å²) in [6, 6.07) is 13.5. The number of carboxylic acids is 2. The molecule has 232 valence electrons. The molecule has 0 atom stereocenters. The summed E-state index contributed by atoms with van der Waals surface area (Å²) < 4.78 is 4.69. The zero-order valence-corrected chi connectivity index (χ0v) is 28.0. The Labute approximate surface area is 253 Å². The number of hydrogen-bond acceptors (Lipinski definition) is 3. The summed E-state index contributed by atoms with van der Waals surface area (Å²) in [4.78, 5) is 23.3. The van der Waals surface area contributed by atoms with Crippen LogP contribution in [-0.4, -0.2) is 36.8 Å². The van der Waals surface area contributed by atoms with Crippen molar-refractivity contribution in [3.63, 3.8) is 0 Å². The van der Waals surface area contributed by atoms with Crippen molar-refractivity contribution in [3.05, 3.63) is 76.7 Å². The molecule has 0 saturated heterocycles. The third-order valence-corrected chi connectivity index (χ3v) is 6.40. The predicted molar refractivity (Wildman–Crippen MR) is 173 cm³/mol. The van der Waals surface area contributed by atoms with Crippen molar-refractivity contribution in [3.8, 4) is 11.4 Å². The van der Waals surface area contributed by atoms with Crippen LogP contribution in [0.25, 0.3) is 11.4 Å². The van der Waals surface area contributed by atoms with Crippen molar-refractivity contribution < 1.29 is 19.8 Å². The fourth-order valence-electron chi connectivity index (χ4n) is 4.72. The molecule has 2 aromatic carbocycles. The van der Waals surface area contributed by atoms with E-state index in [1.54, 1.807) is 0 Å². The van der Waals surface area contributed by atoms with Crippen molar-refractivity contribution in [1.82, 2.24) is 9.13 Å². The maximum Gasteiger partial charge on any atom is 0.300 e. The van der Waals surface area contributed by atoms with Gasteiger partial charge in [-0.25, -0.2) is 4.99 Å². The highest BCUT2D eigenvalue weighted by atomic mass is 16.4. The smallest absolute Gasteiger partial charge is 0.300 e. The molecular weight excluding hydrogens is 526 g/mol. The molecule has 0 fully saturated rings. The Bertz CT molecular complexity index is 1240. The summed E-state index contributed by atoms with van der Waals surface area (Å²) in [5.41, 5.74) is 8.78. The van der Waals surface area contributed by atoms with E-state index < -0.39 is 11.9 Å². The van der Waals surface area contributed by atoms with E-state index in [1.807, 2.05) is 0 Å². The Morgan fingerprint density at radius 3 is 1.05 bits per heavy atom. The minimum absolute atomic E-state index is 0.215. The average molecular weight is 580 g/mol. The number of rotatable bonds is 6. The fourth-order valence-corrected chi connectivity index (χ4v) is 4.72. The molecule has 3 rings (SSSR count). The average Bonchev–Trinajstić information content (AvgIpc) is 3.23. The van der Waals surface area contributed by atoms with E-state index in [0.29, 0.717) is 23.7 Å². The molecule has 0 aliphatic heterocycles. The van der Waals surface area contributed by atoms with Crippen LogP contribution in [0.3, 0.4) is 0 Å². The summed E-state index contributed by atoms with van der Waals surface area (Å²) >= 11 is 0. The third kappa shape index (κ3) is 10.3. The molecule has 1 aromatic heterocycles. The molecule has 0 bridgehead atoms. The van der Waals surface area contributed by atoms with Crippen LogP contribution in [0.1, 0.15) is 136 Å². The van der Waals surface area contributed by atoms with Gasteiger partial charge in [0.15, 0.2) is 0 Å². The monoisotopic (exact) mass is 579 g/mol. The number of hydrogen-bond donors (Lipinski definition) is 2. The molecule has 0 spiro atoms. The first-order chi connectivity index (χ1) is 19.3. The molecule has 0 unspecified atom stereocenters. The topological polar surface area (TPSA) is 96.8 Å². The van der Waals surface area contributed by atoms with Crippen molar-refractivity contribution in [2.24, 2.45) is 4.99 Å². The van der Waals surface area contributed by atoms with Gasteiger partial charge in [-0.05, 0) is 66.7 Å². The highest BCUT2D eigenvalue weighted by Gasteiger charge is 2.22. The highest BCUT2D eigenvalue weighted by Crippen LogP contribution is 2.33. The van der Waals surface area contributed by atoms with Crippen molar-refractivity contribution in [2.75, 3.05) is 0 Å². The second-order valence-electron chi connectivity index (χ2n) is 12.8. The number of aliphatic carboxylic acids is 2. The summed E-state index contributed by atoms with van der Waals surface area (Å²) in [5, 5.41) is 14.8. The van der Waals surface area contributed by atoms with Gasteiger partial charge >= 0.3 is 0 Å². The molecule has 7 nitrogen and oxygen atoms in total. The van der Waals surface area contributed by atoms with E-state index in [-0.39, 0.29) is 5.54 Å². The summed E-state index contributed by atoms with van der Waals surface area (Å²) in [7, 11) is 0. The molecule has 3 aromatic rings. The quantitative estimate of drug-likeness (QED) is 0.305. The number of para-hydroxylation sites is 2. The van der Waals surface area contributed by atoms with Gasteiger partial charge in [0.2, 0.25) is 5.62 Å². The largest absolute Gasteiger partial charge is 0.481 e. The van der Waals surface area contributed by atoms with Crippen molar-refractivity contribution in [1.29, 1.82) is 0 Å². The maximum absolute atomic E-state index is 9.00. The van der Waals surface area contributed by atoms with Gasteiger partial charge in [0, 0.05) is 26.2 Å². The minimum Gasteiger partial charge on any atom is -0.481 e. The van der Waals surface area contributed by atoms with E-state index in [0.717, 1.165) is 19.5 Å². The predicted octanol–water partition coefficient (Wildman–Crippen LogP) is 8.64. The van der Waals surface area contributed by atoms with Crippen LogP contribution in [-0.2, 0) is 9.59 Å². The molecule has 0 saturated carbocycles. The van der Waals surface area contributed by atoms with Crippen LogP contribution in [0.4, 0.5) is 0 Å². The van der Waals surface area contributed by atoms with Gasteiger partial charge in [-0.3, -0.25) is 18.7 Å². The lowest BCUT2D eigenvalue weighted by atomic mass is 9.92. The molecule has 1 heterocycles. The first-order valence-electron chi connectivity index (χ1n) is 14.8. The lowest BCUT2D eigenvalue weighted by molar-refractivity contribution is -0.135. The van der Waals surface area contributed by atoms with Crippen molar-refractivity contribution >= 4 is 11.9 Å². The summed E-state index contributed by atoms with van der Waals surface area (Å²) in [5.74, 6) is 0.00449. The van der Waals surface area contributed by atoms with Gasteiger partial charge in [0.25, 0.3) is 11.9 Å². The van der Waals surface area contributed by atoms with Gasteiger partial charge in [-0.15, -0.1) is 0 Å². The molecular formula is C35H53N3O4. The van der Waals surface area contributed by atoms with E-state index in [2.05, 4.69) is 134 Å². The zero-order valence-electron chi connectivity index (χ0n) is 28.0. The van der Waals surface area contributed by atoms with Gasteiger partial charge in [0.05, 0.1) is 16.9 Å². The lowest BCUT2D eigenvalue weighted by Gasteiger charge is -2.23. The summed E-state index contributed by atoms with van der Waals surface area (Å²) in [6.45, 7) is 27.0. The van der Waals surface area contributed by atoms with Crippen molar-refractivity contribution in [2.45, 2.75) is 119 Å². The molecule has 42 heavy (non-hydrogen) atoms. The van der Waals surface area contributed by atoms with Gasteiger partial charge in [-0.2, -0.15) is 0 Å². The zero-order chi connectivity index (χ0) is 32.5. The highest BCUT2D eigenvalue weighted by molar-refractivity contribution is 5.63. The number of carbonyl (C=O) groups is 2. The standard InChI is InChI=1S/C31H45N3.2C2H4O2/c1-20(2)24-14-12-15-25(21(3)4)28(24)33-18-19-34(30(33)32-31(9,10)11)29-26(22(5)6)16-13-17-27(29)23(7)8;2*1-2(3)4/h12-23H,1-11H3;2*1H3,(H,3,4). The van der Waals surface area contributed by atoms with Crippen LogP contribution < -0.4 is 5.62 Å². The van der Waals surface area contributed by atoms with Gasteiger partial charge in [-0.1, -0.05) is 91.8 Å². The minimum atomic E-state index is -0.833. The SMILES string of the molecule is CC(=O)O.CC(=O)O.CC(C)c1cccc(C(C)C)c1-n1ccn(-c2c(C(C)C)cccc2C(C)C)c1=NC(C)(C)C. The molecule has 7 heteroatoms. The number of benzene rings is 2. The second-order valence-corrected chi connectivity index (χ2v) is 12.8. The van der Waals surface area contributed by atoms with Crippen LogP contribution in [0.2, 0.25) is 0 Å². The fraction of sp³-hybridized carbons (Fsp3) is 0.514. The van der Waals surface area contributed by atoms with E-state index in [1.165, 1.54) is 33.6 Å². The number of imidazole rings is 1. The molecule has 0 aliphatic carbocycles. The van der Waals surface area contributed by atoms with E-state index in [9.17, 15) is 0 Å². The second kappa shape index (κ2) is 15.6. The first-order valence-corrected chi connectivity index (χ1v) is 14.8. The Kier molecular flexibility index (Phi) is 13.5. The summed E-state index contributed by atoms with van der Waals surface area (Å²) in [6.07, 6.45) is 4.44. The first kappa shape index (κ1) is 36.4. The molecule has 0 amide bonds. The van der Waals surface area contributed by atoms with Crippen LogP contribution in [0.15, 0.2) is 53.8 Å². The Balaban J connectivity index is 0.000000978. The lowest BCUT2D eigenvalue weighted by Crippen LogP contribution is -2.31. The molecule has 2 N–H and O–H groups in total. The Morgan fingerprint density at radius 1 is 0.619 bits per heavy atom. The van der Waals surface area contributed by atoms with Gasteiger partial charge < -0.3 is 10.2 Å². The van der Waals surface area contributed by atoms with E-state index >= 15 is 0 Å². The van der Waals surface area contributed by atoms with Crippen LogP contribution >= 0.6 is 0 Å². The normalized spacial score (nSPS) is 11.3. The molecule has 0 radical (unpaired) electrons. The number of carboxylic acid groups (broad SMARTS) is 2. The van der Waals surface area contributed by atoms with E-state index in [4.69, 9.17) is 24.8 Å². The maximum atomic E-state index is 9.00. The number of nitrogens with zero attached hydrogens (tertiary/aromatic N) is 3. The molecule has 0 aliphatic rings. The number of aromatic nitrogens is 2. The van der Waals surface area contributed by atoms with Crippen LogP contribution in [0, 0.1) is 0 Å². The van der Waals surface area contributed by atoms with Crippen LogP contribution in [0.5, 0.6) is 0 Å². The Morgan fingerprint density at radius 2 is 0.857 bits per heavy atom.